The lowest BCUT2D eigenvalue weighted by Crippen LogP contribution is -2.13. The number of hydrogen-bond acceptors (Lipinski definition) is 2. The van der Waals surface area contributed by atoms with Crippen LogP contribution in [0.2, 0.25) is 0 Å². The lowest BCUT2D eigenvalue weighted by Gasteiger charge is -2.07. The molecule has 0 N–H and O–H groups in total. The fourth-order valence-corrected chi connectivity index (χ4v) is 0.810. The van der Waals surface area contributed by atoms with Gasteiger partial charge in [-0.2, -0.15) is 0 Å². The third-order valence-electron chi connectivity index (χ3n) is 1.37. The number of unbranched alkanes of at least 4 members (excludes halogenated alkanes) is 1. The van der Waals surface area contributed by atoms with E-state index in [9.17, 15) is 4.79 Å². The maximum Gasteiger partial charge on any atom is 0.148 e. The summed E-state index contributed by atoms with van der Waals surface area (Å²) in [6, 6.07) is 0. The molecule has 0 aromatic carbocycles. The predicted octanol–water partition coefficient (Wildman–Crippen LogP) is 1.78. The van der Waals surface area contributed by atoms with Gasteiger partial charge in [0, 0.05) is 6.61 Å². The van der Waals surface area contributed by atoms with Crippen molar-refractivity contribution < 1.29 is 9.53 Å². The molecule has 0 aromatic heterocycles. The SMILES string of the molecule is CCCCC(C=O)OCC. The lowest BCUT2D eigenvalue weighted by atomic mass is 10.2. The molecule has 1 unspecified atom stereocenters. The standard InChI is InChI=1S/C8H16O2/c1-3-5-6-8(7-9)10-4-2/h7-8H,3-6H2,1-2H3. The molecule has 0 amide bonds. The van der Waals surface area contributed by atoms with Crippen LogP contribution < -0.4 is 0 Å². The first-order valence-electron chi connectivity index (χ1n) is 3.92. The van der Waals surface area contributed by atoms with E-state index < -0.39 is 0 Å². The summed E-state index contributed by atoms with van der Waals surface area (Å²) in [5, 5.41) is 0. The summed E-state index contributed by atoms with van der Waals surface area (Å²) in [6.45, 7) is 4.64. The molecule has 0 saturated carbocycles. The van der Waals surface area contributed by atoms with Crippen molar-refractivity contribution in [2.24, 2.45) is 0 Å². The molecule has 0 aliphatic carbocycles. The summed E-state index contributed by atoms with van der Waals surface area (Å²) in [5.41, 5.74) is 0. The van der Waals surface area contributed by atoms with Crippen molar-refractivity contribution in [2.45, 2.75) is 39.2 Å². The molecule has 1 atom stereocenters. The van der Waals surface area contributed by atoms with Gasteiger partial charge in [-0.3, -0.25) is 0 Å². The molecule has 0 aromatic rings. The van der Waals surface area contributed by atoms with Crippen LogP contribution >= 0.6 is 0 Å². The fraction of sp³-hybridized carbons (Fsp3) is 0.875. The monoisotopic (exact) mass is 144 g/mol. The van der Waals surface area contributed by atoms with Crippen molar-refractivity contribution in [2.75, 3.05) is 6.61 Å². The molecule has 0 saturated heterocycles. The Labute approximate surface area is 62.6 Å². The Morgan fingerprint density at radius 3 is 2.60 bits per heavy atom. The first kappa shape index (κ1) is 9.63. The van der Waals surface area contributed by atoms with Crippen molar-refractivity contribution in [3.05, 3.63) is 0 Å². The Morgan fingerprint density at radius 2 is 2.20 bits per heavy atom. The van der Waals surface area contributed by atoms with Crippen LogP contribution in [0.5, 0.6) is 0 Å². The molecule has 0 radical (unpaired) electrons. The topological polar surface area (TPSA) is 26.3 Å². The summed E-state index contributed by atoms with van der Waals surface area (Å²) in [7, 11) is 0. The van der Waals surface area contributed by atoms with E-state index in [2.05, 4.69) is 6.92 Å². The van der Waals surface area contributed by atoms with Gasteiger partial charge in [0.2, 0.25) is 0 Å². The molecule has 2 nitrogen and oxygen atoms in total. The molecule has 0 heterocycles. The Bertz CT molecular complexity index is 81.3. The number of aldehydes is 1. The second-order valence-electron chi connectivity index (χ2n) is 2.27. The van der Waals surface area contributed by atoms with Crippen LogP contribution in [0.3, 0.4) is 0 Å². The van der Waals surface area contributed by atoms with Gasteiger partial charge in [-0.1, -0.05) is 19.8 Å². The highest BCUT2D eigenvalue weighted by Gasteiger charge is 2.03. The molecular formula is C8H16O2. The number of rotatable bonds is 6. The van der Waals surface area contributed by atoms with E-state index in [1.54, 1.807) is 0 Å². The van der Waals surface area contributed by atoms with Crippen LogP contribution in [0.15, 0.2) is 0 Å². The summed E-state index contributed by atoms with van der Waals surface area (Å²) in [6.07, 6.45) is 3.79. The maximum absolute atomic E-state index is 10.3. The van der Waals surface area contributed by atoms with Crippen molar-refractivity contribution in [3.63, 3.8) is 0 Å². The molecular weight excluding hydrogens is 128 g/mol. The first-order chi connectivity index (χ1) is 4.85. The largest absolute Gasteiger partial charge is 0.371 e. The maximum atomic E-state index is 10.3. The van der Waals surface area contributed by atoms with Gasteiger partial charge in [0.05, 0.1) is 0 Å². The van der Waals surface area contributed by atoms with Gasteiger partial charge in [-0.05, 0) is 13.3 Å². The lowest BCUT2D eigenvalue weighted by molar-refractivity contribution is -0.118. The highest BCUT2D eigenvalue weighted by atomic mass is 16.5. The van der Waals surface area contributed by atoms with E-state index in [0.717, 1.165) is 25.5 Å². The smallest absolute Gasteiger partial charge is 0.148 e. The van der Waals surface area contributed by atoms with Crippen LogP contribution in [0.25, 0.3) is 0 Å². The van der Waals surface area contributed by atoms with Crippen LogP contribution in [-0.2, 0) is 9.53 Å². The van der Waals surface area contributed by atoms with Crippen LogP contribution in [-0.4, -0.2) is 19.0 Å². The number of carbonyl (C=O) groups is 1. The summed E-state index contributed by atoms with van der Waals surface area (Å²) in [4.78, 5) is 10.3. The molecule has 0 bridgehead atoms. The zero-order chi connectivity index (χ0) is 7.82. The van der Waals surface area contributed by atoms with Crippen molar-refractivity contribution in [1.82, 2.24) is 0 Å². The zero-order valence-corrected chi connectivity index (χ0v) is 6.80. The molecule has 0 aliphatic rings. The Balaban J connectivity index is 3.29. The van der Waals surface area contributed by atoms with E-state index in [-0.39, 0.29) is 6.10 Å². The summed E-state index contributed by atoms with van der Waals surface area (Å²) < 4.78 is 5.13. The van der Waals surface area contributed by atoms with Crippen molar-refractivity contribution in [3.8, 4) is 0 Å². The molecule has 0 fully saturated rings. The van der Waals surface area contributed by atoms with E-state index in [4.69, 9.17) is 4.74 Å². The summed E-state index contributed by atoms with van der Waals surface area (Å²) in [5.74, 6) is 0. The molecule has 2 heteroatoms. The normalized spacial score (nSPS) is 13.0. The van der Waals surface area contributed by atoms with Gasteiger partial charge in [0.25, 0.3) is 0 Å². The number of carbonyl (C=O) groups excluding carboxylic acids is 1. The van der Waals surface area contributed by atoms with Gasteiger partial charge < -0.3 is 9.53 Å². The Kier molecular flexibility index (Phi) is 6.50. The van der Waals surface area contributed by atoms with Gasteiger partial charge in [-0.15, -0.1) is 0 Å². The van der Waals surface area contributed by atoms with Gasteiger partial charge in [-0.25, -0.2) is 0 Å². The highest BCUT2D eigenvalue weighted by Crippen LogP contribution is 2.01. The van der Waals surface area contributed by atoms with E-state index >= 15 is 0 Å². The predicted molar refractivity (Wildman–Crippen MR) is 41.0 cm³/mol. The van der Waals surface area contributed by atoms with Gasteiger partial charge in [0.15, 0.2) is 0 Å². The number of ether oxygens (including phenoxy) is 1. The third kappa shape index (κ3) is 4.50. The van der Waals surface area contributed by atoms with Crippen LogP contribution in [0.1, 0.15) is 33.1 Å². The van der Waals surface area contributed by atoms with E-state index in [1.807, 2.05) is 6.92 Å². The van der Waals surface area contributed by atoms with Crippen molar-refractivity contribution >= 4 is 6.29 Å². The number of hydrogen-bond donors (Lipinski definition) is 0. The minimum Gasteiger partial charge on any atom is -0.371 e. The van der Waals surface area contributed by atoms with Crippen LogP contribution in [0, 0.1) is 0 Å². The van der Waals surface area contributed by atoms with E-state index in [1.165, 1.54) is 0 Å². The zero-order valence-electron chi connectivity index (χ0n) is 6.80. The second kappa shape index (κ2) is 6.75. The average molecular weight is 144 g/mol. The molecule has 0 aliphatic heterocycles. The minimum atomic E-state index is -0.162. The molecule has 0 spiro atoms. The van der Waals surface area contributed by atoms with Gasteiger partial charge >= 0.3 is 0 Å². The first-order valence-corrected chi connectivity index (χ1v) is 3.92. The molecule has 0 rings (SSSR count). The van der Waals surface area contributed by atoms with Crippen LogP contribution in [0.4, 0.5) is 0 Å². The fourth-order valence-electron chi connectivity index (χ4n) is 0.810. The Hall–Kier alpha value is -0.370. The minimum absolute atomic E-state index is 0.162. The average Bonchev–Trinajstić information content (AvgIpc) is 1.98. The highest BCUT2D eigenvalue weighted by molar-refractivity contribution is 5.55. The second-order valence-corrected chi connectivity index (χ2v) is 2.27. The molecule has 60 valence electrons. The Morgan fingerprint density at radius 1 is 1.50 bits per heavy atom. The summed E-state index contributed by atoms with van der Waals surface area (Å²) >= 11 is 0. The van der Waals surface area contributed by atoms with E-state index in [0.29, 0.717) is 6.61 Å². The van der Waals surface area contributed by atoms with Gasteiger partial charge in [0.1, 0.15) is 12.4 Å². The van der Waals surface area contributed by atoms with Crippen molar-refractivity contribution in [1.29, 1.82) is 0 Å². The quantitative estimate of drug-likeness (QED) is 0.531. The third-order valence-corrected chi connectivity index (χ3v) is 1.37. The molecule has 10 heavy (non-hydrogen) atoms.